The first-order valence-electron chi connectivity index (χ1n) is 9.54. The van der Waals surface area contributed by atoms with Crippen molar-refractivity contribution >= 4 is 26.5 Å². The minimum atomic E-state index is -3.38. The average molecular weight is 408 g/mol. The fourth-order valence-electron chi connectivity index (χ4n) is 3.55. The number of benzene rings is 1. The first-order chi connectivity index (χ1) is 13.1. The van der Waals surface area contributed by atoms with Crippen LogP contribution in [0.3, 0.4) is 0 Å². The lowest BCUT2D eigenvalue weighted by atomic mass is 10.2. The summed E-state index contributed by atoms with van der Waals surface area (Å²) in [7, 11) is -3.38. The summed E-state index contributed by atoms with van der Waals surface area (Å²) in [5.74, 6) is 0. The highest BCUT2D eigenvalue weighted by molar-refractivity contribution is 7.89. The highest BCUT2D eigenvalue weighted by Crippen LogP contribution is 2.27. The molecule has 0 amide bonds. The van der Waals surface area contributed by atoms with Crippen LogP contribution in [0.2, 0.25) is 0 Å². The van der Waals surface area contributed by atoms with Gasteiger partial charge in [-0.25, -0.2) is 13.4 Å². The van der Waals surface area contributed by atoms with Gasteiger partial charge in [0.25, 0.3) is 0 Å². The fourth-order valence-corrected chi connectivity index (χ4v) is 5.79. The van der Waals surface area contributed by atoms with E-state index >= 15 is 0 Å². The Hall–Kier alpha value is -1.48. The van der Waals surface area contributed by atoms with E-state index in [9.17, 15) is 8.42 Å². The predicted molar refractivity (Wildman–Crippen MR) is 108 cm³/mol. The predicted octanol–water partition coefficient (Wildman–Crippen LogP) is 3.58. The molecule has 1 aromatic heterocycles. The molecule has 4 rings (SSSR count). The van der Waals surface area contributed by atoms with Crippen LogP contribution >= 0.6 is 11.3 Å². The summed E-state index contributed by atoms with van der Waals surface area (Å²) in [5.41, 5.74) is 1.78. The molecule has 0 saturated carbocycles. The summed E-state index contributed by atoms with van der Waals surface area (Å²) in [6.45, 7) is 2.87. The zero-order chi connectivity index (χ0) is 18.7. The highest BCUT2D eigenvalue weighted by Gasteiger charge is 2.25. The lowest BCUT2D eigenvalue weighted by molar-refractivity contribution is 0.120. The first kappa shape index (κ1) is 18.9. The van der Waals surface area contributed by atoms with Crippen molar-refractivity contribution in [2.24, 2.45) is 0 Å². The molecule has 0 aliphatic carbocycles. The number of rotatable bonds is 6. The van der Waals surface area contributed by atoms with Gasteiger partial charge in [-0.15, -0.1) is 11.3 Å². The molecule has 1 atom stereocenters. The van der Waals surface area contributed by atoms with Crippen LogP contribution < -0.4 is 5.32 Å². The van der Waals surface area contributed by atoms with Gasteiger partial charge in [-0.05, 0) is 37.8 Å². The van der Waals surface area contributed by atoms with Crippen molar-refractivity contribution < 1.29 is 13.2 Å². The zero-order valence-corrected chi connectivity index (χ0v) is 16.9. The number of anilines is 1. The lowest BCUT2D eigenvalue weighted by Crippen LogP contribution is -2.35. The van der Waals surface area contributed by atoms with Crippen molar-refractivity contribution in [3.05, 3.63) is 29.6 Å². The minimum Gasteiger partial charge on any atom is -0.376 e. The van der Waals surface area contributed by atoms with E-state index in [1.165, 1.54) is 0 Å². The Labute approximate surface area is 164 Å². The number of thiazole rings is 1. The Bertz CT molecular complexity index is 853. The zero-order valence-electron chi connectivity index (χ0n) is 15.3. The van der Waals surface area contributed by atoms with E-state index in [1.807, 2.05) is 17.5 Å². The van der Waals surface area contributed by atoms with E-state index in [1.54, 1.807) is 27.8 Å². The van der Waals surface area contributed by atoms with E-state index in [0.717, 1.165) is 61.6 Å². The summed E-state index contributed by atoms with van der Waals surface area (Å²) in [6.07, 6.45) is 5.49. The number of hydrogen-bond donors (Lipinski definition) is 1. The quantitative estimate of drug-likeness (QED) is 0.793. The molecule has 2 aromatic rings. The van der Waals surface area contributed by atoms with Crippen LogP contribution in [0.15, 0.2) is 34.5 Å². The molecular weight excluding hydrogens is 382 g/mol. The van der Waals surface area contributed by atoms with Crippen molar-refractivity contribution in [1.29, 1.82) is 0 Å². The van der Waals surface area contributed by atoms with E-state index in [-0.39, 0.29) is 6.10 Å². The van der Waals surface area contributed by atoms with Gasteiger partial charge in [0.2, 0.25) is 10.0 Å². The summed E-state index contributed by atoms with van der Waals surface area (Å²) >= 11 is 1.56. The largest absolute Gasteiger partial charge is 0.376 e. The second-order valence-corrected chi connectivity index (χ2v) is 9.84. The molecule has 2 saturated heterocycles. The van der Waals surface area contributed by atoms with Crippen molar-refractivity contribution in [2.75, 3.05) is 31.6 Å². The van der Waals surface area contributed by atoms with Crippen molar-refractivity contribution in [2.45, 2.75) is 43.1 Å². The van der Waals surface area contributed by atoms with Crippen LogP contribution in [0.25, 0.3) is 11.3 Å². The van der Waals surface area contributed by atoms with Crippen LogP contribution in [-0.2, 0) is 14.8 Å². The number of nitrogens with zero attached hydrogens (tertiary/aromatic N) is 2. The summed E-state index contributed by atoms with van der Waals surface area (Å²) in [6, 6.07) is 7.07. The molecule has 2 aliphatic heterocycles. The third kappa shape index (κ3) is 4.34. The van der Waals surface area contributed by atoms with Crippen LogP contribution in [0.5, 0.6) is 0 Å². The molecule has 0 bridgehead atoms. The fraction of sp³-hybridized carbons (Fsp3) is 0.526. The molecule has 0 unspecified atom stereocenters. The van der Waals surface area contributed by atoms with E-state index in [2.05, 4.69) is 10.3 Å². The molecule has 2 aliphatic rings. The van der Waals surface area contributed by atoms with Gasteiger partial charge in [0, 0.05) is 37.2 Å². The van der Waals surface area contributed by atoms with Crippen LogP contribution in [0, 0.1) is 0 Å². The van der Waals surface area contributed by atoms with E-state index < -0.39 is 10.0 Å². The van der Waals surface area contributed by atoms with Gasteiger partial charge >= 0.3 is 0 Å². The van der Waals surface area contributed by atoms with Gasteiger partial charge < -0.3 is 10.1 Å². The molecule has 8 heteroatoms. The topological polar surface area (TPSA) is 71.5 Å². The molecule has 146 valence electrons. The summed E-state index contributed by atoms with van der Waals surface area (Å²) < 4.78 is 32.7. The maximum atomic E-state index is 12.7. The van der Waals surface area contributed by atoms with Crippen molar-refractivity contribution in [1.82, 2.24) is 9.29 Å². The molecular formula is C19H25N3O3S2. The first-order valence-corrected chi connectivity index (χ1v) is 11.9. The van der Waals surface area contributed by atoms with Gasteiger partial charge in [-0.2, -0.15) is 4.31 Å². The highest BCUT2D eigenvalue weighted by atomic mass is 32.2. The standard InChI is InChI=1S/C19H25N3O3S2/c23-27(24,22-10-2-1-3-11-22)17-8-6-15(7-9-17)18-14-26-19(21-18)20-13-16-5-4-12-25-16/h6-9,14,16H,1-5,10-13H2,(H,20,21)/t16-/m1/s1. The second kappa shape index (κ2) is 8.26. The molecule has 27 heavy (non-hydrogen) atoms. The number of nitrogens with one attached hydrogen (secondary N) is 1. The number of hydrogen-bond acceptors (Lipinski definition) is 6. The monoisotopic (exact) mass is 407 g/mol. The van der Waals surface area contributed by atoms with Gasteiger partial charge in [-0.1, -0.05) is 18.6 Å². The number of piperidine rings is 1. The minimum absolute atomic E-state index is 0.275. The molecule has 1 aromatic carbocycles. The molecule has 1 N–H and O–H groups in total. The second-order valence-electron chi connectivity index (χ2n) is 7.04. The maximum Gasteiger partial charge on any atom is 0.243 e. The van der Waals surface area contributed by atoms with Crippen LogP contribution in [0.4, 0.5) is 5.13 Å². The van der Waals surface area contributed by atoms with Crippen LogP contribution in [-0.4, -0.2) is 50.1 Å². The molecule has 0 spiro atoms. The molecule has 6 nitrogen and oxygen atoms in total. The maximum absolute atomic E-state index is 12.7. The van der Waals surface area contributed by atoms with Gasteiger partial charge in [-0.3, -0.25) is 0 Å². The third-order valence-corrected chi connectivity index (χ3v) is 7.82. The Morgan fingerprint density at radius 3 is 2.63 bits per heavy atom. The Morgan fingerprint density at radius 1 is 1.15 bits per heavy atom. The van der Waals surface area contributed by atoms with Crippen molar-refractivity contribution in [3.8, 4) is 11.3 Å². The third-order valence-electron chi connectivity index (χ3n) is 5.11. The Kier molecular flexibility index (Phi) is 5.77. The van der Waals surface area contributed by atoms with E-state index in [4.69, 9.17) is 4.74 Å². The summed E-state index contributed by atoms with van der Waals surface area (Å²) in [4.78, 5) is 4.98. The SMILES string of the molecule is O=S(=O)(c1ccc(-c2csc(NC[C@H]3CCCO3)n2)cc1)N1CCCCC1. The smallest absolute Gasteiger partial charge is 0.243 e. The van der Waals surface area contributed by atoms with Crippen molar-refractivity contribution in [3.63, 3.8) is 0 Å². The molecule has 3 heterocycles. The van der Waals surface area contributed by atoms with Gasteiger partial charge in [0.15, 0.2) is 5.13 Å². The van der Waals surface area contributed by atoms with Crippen LogP contribution in [0.1, 0.15) is 32.1 Å². The van der Waals surface area contributed by atoms with Gasteiger partial charge in [0.1, 0.15) is 0 Å². The van der Waals surface area contributed by atoms with E-state index in [0.29, 0.717) is 18.0 Å². The lowest BCUT2D eigenvalue weighted by Gasteiger charge is -2.25. The molecule has 2 fully saturated rings. The number of aromatic nitrogens is 1. The Balaban J connectivity index is 1.42. The van der Waals surface area contributed by atoms with Gasteiger partial charge in [0.05, 0.1) is 16.7 Å². The normalized spacial score (nSPS) is 21.4. The average Bonchev–Trinajstić information content (AvgIpc) is 3.39. The number of ether oxygens (including phenoxy) is 1. The molecule has 0 radical (unpaired) electrons. The Morgan fingerprint density at radius 2 is 1.93 bits per heavy atom. The number of sulfonamides is 1. The summed E-state index contributed by atoms with van der Waals surface area (Å²) in [5, 5.41) is 6.19.